The largest absolute Gasteiger partial charge is 0.388 e. The summed E-state index contributed by atoms with van der Waals surface area (Å²) in [5, 5.41) is 14.3. The molecule has 0 bridgehead atoms. The lowest BCUT2D eigenvalue weighted by molar-refractivity contribution is -0.0991. The molecule has 0 spiro atoms. The number of aliphatic hydroxyl groups is 1. The van der Waals surface area contributed by atoms with Crippen molar-refractivity contribution >= 4 is 0 Å². The second kappa shape index (κ2) is 5.48. The third kappa shape index (κ3) is 2.41. The Labute approximate surface area is 98.6 Å². The maximum atomic E-state index is 10.8. The summed E-state index contributed by atoms with van der Waals surface area (Å²) in [6.07, 6.45) is 8.31. The molecule has 0 aromatic heterocycles. The van der Waals surface area contributed by atoms with Crippen LogP contribution in [0.4, 0.5) is 0 Å². The van der Waals surface area contributed by atoms with Crippen LogP contribution in [0.2, 0.25) is 0 Å². The van der Waals surface area contributed by atoms with Crippen LogP contribution in [0.15, 0.2) is 0 Å². The predicted molar refractivity (Wildman–Crippen MR) is 64.4 cm³/mol. The maximum absolute atomic E-state index is 10.8. The van der Waals surface area contributed by atoms with Gasteiger partial charge in [0.1, 0.15) is 0 Å². The molecule has 2 aliphatic rings. The quantitative estimate of drug-likeness (QED) is 0.718. The Morgan fingerprint density at radius 3 is 2.88 bits per heavy atom. The van der Waals surface area contributed by atoms with Gasteiger partial charge >= 0.3 is 0 Å². The van der Waals surface area contributed by atoms with Crippen LogP contribution in [0.25, 0.3) is 0 Å². The van der Waals surface area contributed by atoms with Crippen LogP contribution in [0.1, 0.15) is 44.9 Å². The molecule has 3 nitrogen and oxygen atoms in total. The average Bonchev–Trinajstić information content (AvgIpc) is 2.30. The molecule has 0 unspecified atom stereocenters. The van der Waals surface area contributed by atoms with Crippen molar-refractivity contribution in [2.75, 3.05) is 20.3 Å². The van der Waals surface area contributed by atoms with E-state index in [9.17, 15) is 5.11 Å². The summed E-state index contributed by atoms with van der Waals surface area (Å²) in [6, 6.07) is 0.293. The Bertz CT molecular complexity index is 220. The van der Waals surface area contributed by atoms with Crippen molar-refractivity contribution in [3.8, 4) is 0 Å². The Hall–Kier alpha value is -0.120. The summed E-state index contributed by atoms with van der Waals surface area (Å²) >= 11 is 0. The Balaban J connectivity index is 1.94. The molecule has 0 aromatic carbocycles. The molecule has 2 rings (SSSR count). The molecule has 0 aliphatic heterocycles. The summed E-state index contributed by atoms with van der Waals surface area (Å²) < 4.78 is 5.06. The normalized spacial score (nSPS) is 39.4. The highest BCUT2D eigenvalue weighted by Gasteiger charge is 2.46. The molecular weight excluding hydrogens is 202 g/mol. The molecule has 0 heterocycles. The van der Waals surface area contributed by atoms with E-state index in [1.165, 1.54) is 32.1 Å². The topological polar surface area (TPSA) is 41.5 Å². The number of rotatable bonds is 4. The lowest BCUT2D eigenvalue weighted by atomic mass is 9.65. The highest BCUT2D eigenvalue weighted by Crippen LogP contribution is 2.43. The van der Waals surface area contributed by atoms with E-state index in [2.05, 4.69) is 5.32 Å². The predicted octanol–water partition coefficient (Wildman–Crippen LogP) is 1.70. The number of nitrogens with one attached hydrogen (secondary N) is 1. The number of fused-ring (bicyclic) bond motifs is 1. The molecule has 3 heteroatoms. The fraction of sp³-hybridized carbons (Fsp3) is 1.00. The van der Waals surface area contributed by atoms with Gasteiger partial charge in [-0.1, -0.05) is 19.3 Å². The molecule has 0 radical (unpaired) electrons. The summed E-state index contributed by atoms with van der Waals surface area (Å²) in [5.74, 6) is 0.537. The van der Waals surface area contributed by atoms with Crippen LogP contribution < -0.4 is 5.32 Å². The zero-order chi connectivity index (χ0) is 11.4. The van der Waals surface area contributed by atoms with Gasteiger partial charge in [0.2, 0.25) is 0 Å². The first-order chi connectivity index (χ1) is 7.77. The average molecular weight is 227 g/mol. The fourth-order valence-electron chi connectivity index (χ4n) is 3.54. The molecular formula is C13H25NO2. The van der Waals surface area contributed by atoms with Crippen molar-refractivity contribution in [3.05, 3.63) is 0 Å². The van der Waals surface area contributed by atoms with Crippen molar-refractivity contribution in [1.29, 1.82) is 0 Å². The molecule has 2 saturated carbocycles. The first kappa shape index (κ1) is 12.3. The van der Waals surface area contributed by atoms with Crippen molar-refractivity contribution in [2.24, 2.45) is 5.92 Å². The van der Waals surface area contributed by atoms with Gasteiger partial charge in [-0.2, -0.15) is 0 Å². The van der Waals surface area contributed by atoms with E-state index < -0.39 is 5.60 Å². The van der Waals surface area contributed by atoms with E-state index in [0.29, 0.717) is 12.0 Å². The monoisotopic (exact) mass is 227 g/mol. The Morgan fingerprint density at radius 1 is 1.25 bits per heavy atom. The third-order valence-electron chi connectivity index (χ3n) is 4.43. The molecule has 0 saturated heterocycles. The van der Waals surface area contributed by atoms with Gasteiger partial charge in [-0.25, -0.2) is 0 Å². The van der Waals surface area contributed by atoms with E-state index in [1.807, 2.05) is 0 Å². The number of hydrogen-bond acceptors (Lipinski definition) is 3. The summed E-state index contributed by atoms with van der Waals surface area (Å²) in [5.41, 5.74) is -0.426. The van der Waals surface area contributed by atoms with Gasteiger partial charge in [0.05, 0.1) is 12.2 Å². The van der Waals surface area contributed by atoms with E-state index >= 15 is 0 Å². The third-order valence-corrected chi connectivity index (χ3v) is 4.43. The molecule has 16 heavy (non-hydrogen) atoms. The number of methoxy groups -OCH3 is 1. The van der Waals surface area contributed by atoms with Gasteiger partial charge in [0.15, 0.2) is 0 Å². The Kier molecular flexibility index (Phi) is 4.22. The van der Waals surface area contributed by atoms with E-state index in [-0.39, 0.29) is 0 Å². The van der Waals surface area contributed by atoms with Gasteiger partial charge in [-0.3, -0.25) is 0 Å². The van der Waals surface area contributed by atoms with E-state index in [1.54, 1.807) is 7.11 Å². The smallest absolute Gasteiger partial charge is 0.0827 e. The highest BCUT2D eigenvalue weighted by molar-refractivity contribution is 5.01. The number of hydrogen-bond donors (Lipinski definition) is 2. The maximum Gasteiger partial charge on any atom is 0.0827 e. The van der Waals surface area contributed by atoms with Gasteiger partial charge < -0.3 is 15.2 Å². The second-order valence-corrected chi connectivity index (χ2v) is 5.36. The molecule has 2 fully saturated rings. The van der Waals surface area contributed by atoms with Crippen molar-refractivity contribution in [3.63, 3.8) is 0 Å². The minimum Gasteiger partial charge on any atom is -0.388 e. The summed E-state index contributed by atoms with van der Waals surface area (Å²) in [4.78, 5) is 0. The molecule has 2 aliphatic carbocycles. The van der Waals surface area contributed by atoms with Crippen molar-refractivity contribution in [1.82, 2.24) is 5.32 Å². The lowest BCUT2D eigenvalue weighted by Gasteiger charge is -2.49. The van der Waals surface area contributed by atoms with Gasteiger partial charge in [0, 0.05) is 19.7 Å². The van der Waals surface area contributed by atoms with Gasteiger partial charge in [-0.05, 0) is 31.6 Å². The minimum absolute atomic E-state index is 0.293. The minimum atomic E-state index is -0.426. The van der Waals surface area contributed by atoms with Crippen LogP contribution in [0, 0.1) is 5.92 Å². The van der Waals surface area contributed by atoms with E-state index in [0.717, 1.165) is 26.0 Å². The van der Waals surface area contributed by atoms with Crippen LogP contribution in [0.5, 0.6) is 0 Å². The van der Waals surface area contributed by atoms with Crippen LogP contribution in [0.3, 0.4) is 0 Å². The summed E-state index contributed by atoms with van der Waals surface area (Å²) in [7, 11) is 1.72. The zero-order valence-electron chi connectivity index (χ0n) is 10.4. The molecule has 0 aromatic rings. The van der Waals surface area contributed by atoms with Crippen molar-refractivity contribution < 1.29 is 9.84 Å². The zero-order valence-corrected chi connectivity index (χ0v) is 10.4. The van der Waals surface area contributed by atoms with E-state index in [4.69, 9.17) is 4.74 Å². The molecule has 2 N–H and O–H groups in total. The molecule has 3 atom stereocenters. The number of ether oxygens (including phenoxy) is 1. The standard InChI is InChI=1S/C13H25NO2/c1-16-10-9-14-12-7-4-6-11-5-2-3-8-13(11,12)15/h11-12,14-15H,2-10H2,1H3/t11-,12-,13-/m1/s1. The Morgan fingerprint density at radius 2 is 2.06 bits per heavy atom. The second-order valence-electron chi connectivity index (χ2n) is 5.36. The first-order valence-corrected chi connectivity index (χ1v) is 6.72. The lowest BCUT2D eigenvalue weighted by Crippen LogP contribution is -2.59. The van der Waals surface area contributed by atoms with Crippen molar-refractivity contribution in [2.45, 2.75) is 56.6 Å². The van der Waals surface area contributed by atoms with Crippen LogP contribution >= 0.6 is 0 Å². The fourth-order valence-corrected chi connectivity index (χ4v) is 3.54. The first-order valence-electron chi connectivity index (χ1n) is 6.72. The van der Waals surface area contributed by atoms with Crippen LogP contribution in [-0.4, -0.2) is 37.0 Å². The van der Waals surface area contributed by atoms with Crippen LogP contribution in [-0.2, 0) is 4.74 Å². The molecule has 94 valence electrons. The van der Waals surface area contributed by atoms with Gasteiger partial charge in [-0.15, -0.1) is 0 Å². The molecule has 0 amide bonds. The highest BCUT2D eigenvalue weighted by atomic mass is 16.5. The SMILES string of the molecule is COCCN[C@@H]1CCC[C@H]2CCCC[C@@]21O. The summed E-state index contributed by atoms with van der Waals surface area (Å²) in [6.45, 7) is 1.59. The van der Waals surface area contributed by atoms with Gasteiger partial charge in [0.25, 0.3) is 0 Å².